The fraction of sp³-hybridized carbons (Fsp3) is 0.588. The Labute approximate surface area is 142 Å². The van der Waals surface area contributed by atoms with Gasteiger partial charge in [-0.15, -0.1) is 12.4 Å². The number of amides is 1. The van der Waals surface area contributed by atoms with Crippen molar-refractivity contribution in [2.24, 2.45) is 5.41 Å². The Morgan fingerprint density at radius 3 is 2.65 bits per heavy atom. The second kappa shape index (κ2) is 7.97. The Morgan fingerprint density at radius 1 is 1.26 bits per heavy atom. The predicted octanol–water partition coefficient (Wildman–Crippen LogP) is 2.62. The largest absolute Gasteiger partial charge is 0.490 e. The fourth-order valence-electron chi connectivity index (χ4n) is 3.42. The van der Waals surface area contributed by atoms with Gasteiger partial charge in [0.05, 0.1) is 13.0 Å². The van der Waals surface area contributed by atoms with E-state index in [0.29, 0.717) is 11.8 Å². The van der Waals surface area contributed by atoms with Crippen LogP contribution in [0, 0.1) is 11.2 Å². The molecule has 2 saturated heterocycles. The molecule has 23 heavy (non-hydrogen) atoms. The summed E-state index contributed by atoms with van der Waals surface area (Å²) in [6, 6.07) is 6.28. The molecule has 2 aliphatic heterocycles. The van der Waals surface area contributed by atoms with E-state index in [1.807, 2.05) is 4.90 Å². The third kappa shape index (κ3) is 4.36. The average Bonchev–Trinajstić information content (AvgIpc) is 2.98. The highest BCUT2D eigenvalue weighted by atomic mass is 35.5. The van der Waals surface area contributed by atoms with Crippen LogP contribution in [-0.2, 0) is 4.79 Å². The van der Waals surface area contributed by atoms with Crippen LogP contribution in [0.3, 0.4) is 0 Å². The van der Waals surface area contributed by atoms with Crippen LogP contribution >= 0.6 is 12.4 Å². The number of carbonyl (C=O) groups is 1. The molecule has 3 rings (SSSR count). The second-order valence-corrected chi connectivity index (χ2v) is 6.34. The molecule has 1 amide bonds. The molecule has 2 aliphatic rings. The molecule has 1 aromatic rings. The molecule has 0 unspecified atom stereocenters. The van der Waals surface area contributed by atoms with Gasteiger partial charge in [-0.3, -0.25) is 4.79 Å². The highest BCUT2D eigenvalue weighted by Gasteiger charge is 2.37. The van der Waals surface area contributed by atoms with E-state index in [4.69, 9.17) is 4.74 Å². The van der Waals surface area contributed by atoms with Crippen LogP contribution in [0.2, 0.25) is 0 Å². The molecule has 4 nitrogen and oxygen atoms in total. The lowest BCUT2D eigenvalue weighted by Crippen LogP contribution is -2.44. The number of carbonyl (C=O) groups excluding carboxylic acids is 1. The second-order valence-electron chi connectivity index (χ2n) is 6.34. The maximum atomic E-state index is 13.4. The van der Waals surface area contributed by atoms with Crippen molar-refractivity contribution < 1.29 is 13.9 Å². The summed E-state index contributed by atoms with van der Waals surface area (Å²) in [4.78, 5) is 14.1. The van der Waals surface area contributed by atoms with Gasteiger partial charge in [0.2, 0.25) is 5.91 Å². The summed E-state index contributed by atoms with van der Waals surface area (Å²) in [5.41, 5.74) is 0.417. The van der Waals surface area contributed by atoms with Crippen molar-refractivity contribution in [2.45, 2.75) is 25.7 Å². The Bertz CT molecular complexity index is 525. The Morgan fingerprint density at radius 2 is 2.00 bits per heavy atom. The molecular formula is C17H24ClFN2O2. The van der Waals surface area contributed by atoms with Crippen LogP contribution in [0.5, 0.6) is 5.75 Å². The lowest BCUT2D eigenvalue weighted by Gasteiger charge is -2.38. The van der Waals surface area contributed by atoms with Crippen molar-refractivity contribution in [3.63, 3.8) is 0 Å². The third-order valence-corrected chi connectivity index (χ3v) is 4.92. The monoisotopic (exact) mass is 342 g/mol. The number of rotatable bonds is 4. The smallest absolute Gasteiger partial charge is 0.225 e. The number of benzene rings is 1. The zero-order chi connectivity index (χ0) is 15.4. The van der Waals surface area contributed by atoms with Crippen molar-refractivity contribution in [3.8, 4) is 5.75 Å². The van der Waals surface area contributed by atoms with Gasteiger partial charge in [0.15, 0.2) is 11.6 Å². The number of ether oxygens (including phenoxy) is 1. The number of nitrogens with zero attached hydrogens (tertiary/aromatic N) is 1. The van der Waals surface area contributed by atoms with Gasteiger partial charge < -0.3 is 15.0 Å². The standard InChI is InChI=1S/C17H23FN2O2.ClH/c18-14-3-1-2-4-15(14)22-12-5-16(21)20-10-7-17(8-11-20)6-9-19-13-17;/h1-4,19H,5-13H2;1H. The number of hydrogen-bond acceptors (Lipinski definition) is 3. The van der Waals surface area contributed by atoms with Gasteiger partial charge in [-0.2, -0.15) is 0 Å². The average molecular weight is 343 g/mol. The number of halogens is 2. The first-order valence-electron chi connectivity index (χ1n) is 8.04. The van der Waals surface area contributed by atoms with Gasteiger partial charge in [0.25, 0.3) is 0 Å². The predicted molar refractivity (Wildman–Crippen MR) is 89.5 cm³/mol. The SMILES string of the molecule is Cl.O=C(CCOc1ccccc1F)N1CCC2(CCNC2)CC1. The van der Waals surface area contributed by atoms with Gasteiger partial charge in [-0.1, -0.05) is 12.1 Å². The van der Waals surface area contributed by atoms with Gasteiger partial charge in [0.1, 0.15) is 0 Å². The van der Waals surface area contributed by atoms with Crippen molar-refractivity contribution in [1.82, 2.24) is 10.2 Å². The van der Waals surface area contributed by atoms with Gasteiger partial charge in [0, 0.05) is 19.6 Å². The highest BCUT2D eigenvalue weighted by molar-refractivity contribution is 5.85. The van der Waals surface area contributed by atoms with Crippen molar-refractivity contribution in [1.29, 1.82) is 0 Å². The van der Waals surface area contributed by atoms with E-state index < -0.39 is 0 Å². The normalized spacial score (nSPS) is 19.4. The molecule has 1 aromatic carbocycles. The number of hydrogen-bond donors (Lipinski definition) is 1. The minimum absolute atomic E-state index is 0. The van der Waals surface area contributed by atoms with Gasteiger partial charge in [-0.05, 0) is 43.4 Å². The summed E-state index contributed by atoms with van der Waals surface area (Å²) in [5, 5.41) is 3.43. The van der Waals surface area contributed by atoms with E-state index in [2.05, 4.69) is 5.32 Å². The number of piperidine rings is 1. The lowest BCUT2D eigenvalue weighted by atomic mass is 9.78. The molecule has 1 spiro atoms. The minimum Gasteiger partial charge on any atom is -0.490 e. The lowest BCUT2D eigenvalue weighted by molar-refractivity contribution is -0.133. The third-order valence-electron chi connectivity index (χ3n) is 4.92. The molecule has 128 valence electrons. The van der Waals surface area contributed by atoms with E-state index in [1.54, 1.807) is 18.2 Å². The summed E-state index contributed by atoms with van der Waals surface area (Å²) in [5.74, 6) is -0.0642. The highest BCUT2D eigenvalue weighted by Crippen LogP contribution is 2.36. The Balaban J connectivity index is 0.00000192. The summed E-state index contributed by atoms with van der Waals surface area (Å²) in [6.07, 6.45) is 3.70. The van der Waals surface area contributed by atoms with Gasteiger partial charge >= 0.3 is 0 Å². The van der Waals surface area contributed by atoms with Crippen LogP contribution in [-0.4, -0.2) is 43.6 Å². The van der Waals surface area contributed by atoms with Crippen LogP contribution in [0.25, 0.3) is 0 Å². The van der Waals surface area contributed by atoms with Crippen molar-refractivity contribution >= 4 is 18.3 Å². The molecule has 1 N–H and O–H groups in total. The molecule has 2 heterocycles. The summed E-state index contributed by atoms with van der Waals surface area (Å²) in [7, 11) is 0. The first kappa shape index (κ1) is 18.0. The van der Waals surface area contributed by atoms with Crippen molar-refractivity contribution in [3.05, 3.63) is 30.1 Å². The van der Waals surface area contributed by atoms with E-state index in [-0.39, 0.29) is 36.5 Å². The summed E-state index contributed by atoms with van der Waals surface area (Å²) >= 11 is 0. The maximum absolute atomic E-state index is 13.4. The van der Waals surface area contributed by atoms with Crippen LogP contribution in [0.4, 0.5) is 4.39 Å². The topological polar surface area (TPSA) is 41.6 Å². The van der Waals surface area contributed by atoms with Crippen LogP contribution in [0.1, 0.15) is 25.7 Å². The number of likely N-dealkylation sites (tertiary alicyclic amines) is 1. The Hall–Kier alpha value is -1.33. The van der Waals surface area contributed by atoms with Crippen LogP contribution < -0.4 is 10.1 Å². The molecule has 0 saturated carbocycles. The fourth-order valence-corrected chi connectivity index (χ4v) is 3.42. The van der Waals surface area contributed by atoms with Crippen LogP contribution in [0.15, 0.2) is 24.3 Å². The van der Waals surface area contributed by atoms with Gasteiger partial charge in [-0.25, -0.2) is 4.39 Å². The zero-order valence-electron chi connectivity index (χ0n) is 13.2. The first-order valence-corrected chi connectivity index (χ1v) is 8.04. The van der Waals surface area contributed by atoms with E-state index in [0.717, 1.165) is 39.0 Å². The minimum atomic E-state index is -0.386. The van der Waals surface area contributed by atoms with E-state index in [1.165, 1.54) is 12.5 Å². The molecular weight excluding hydrogens is 319 g/mol. The zero-order valence-corrected chi connectivity index (χ0v) is 14.0. The number of para-hydroxylation sites is 1. The summed E-state index contributed by atoms with van der Waals surface area (Å²) in [6.45, 7) is 4.08. The molecule has 6 heteroatoms. The molecule has 0 radical (unpaired) electrons. The van der Waals surface area contributed by atoms with E-state index in [9.17, 15) is 9.18 Å². The van der Waals surface area contributed by atoms with Crippen molar-refractivity contribution in [2.75, 3.05) is 32.8 Å². The molecule has 0 aromatic heterocycles. The maximum Gasteiger partial charge on any atom is 0.225 e. The molecule has 0 atom stereocenters. The summed E-state index contributed by atoms with van der Waals surface area (Å²) < 4.78 is 18.8. The molecule has 2 fully saturated rings. The molecule has 0 bridgehead atoms. The quantitative estimate of drug-likeness (QED) is 0.914. The van der Waals surface area contributed by atoms with E-state index >= 15 is 0 Å². The molecule has 0 aliphatic carbocycles. The Kier molecular flexibility index (Phi) is 6.25. The first-order chi connectivity index (χ1) is 10.7. The number of nitrogens with one attached hydrogen (secondary N) is 1.